The molecule has 11 aromatic rings. The third-order valence-electron chi connectivity index (χ3n) is 13.7. The van der Waals surface area contributed by atoms with Gasteiger partial charge in [-0.1, -0.05) is 143 Å². The summed E-state index contributed by atoms with van der Waals surface area (Å²) >= 11 is 16.5. The number of hydrogen-bond acceptors (Lipinski definition) is 39. The molecule has 6 aromatic carbocycles. The molecule has 0 fully saturated rings. The molecule has 53 heteroatoms. The van der Waals surface area contributed by atoms with Crippen LogP contribution in [0.5, 0.6) is 23.0 Å². The van der Waals surface area contributed by atoms with E-state index in [4.69, 9.17) is 75.5 Å². The van der Waals surface area contributed by atoms with E-state index >= 15 is 0 Å². The van der Waals surface area contributed by atoms with Gasteiger partial charge in [-0.25, -0.2) is 49.3 Å². The number of aromatic hydroxyl groups is 2. The number of phenols is 2. The van der Waals surface area contributed by atoms with Gasteiger partial charge in [0, 0.05) is 31.4 Å². The maximum absolute atomic E-state index is 12.7. The summed E-state index contributed by atoms with van der Waals surface area (Å²) in [5.74, 6) is -1.62. The largest absolute Gasteiger partial charge is 1.00 e. The second kappa shape index (κ2) is 50.9. The van der Waals surface area contributed by atoms with E-state index in [1.54, 1.807) is 66.7 Å². The summed E-state index contributed by atoms with van der Waals surface area (Å²) in [6, 6.07) is 37.3. The van der Waals surface area contributed by atoms with Crippen LogP contribution in [0.25, 0.3) is 39.7 Å². The van der Waals surface area contributed by atoms with Gasteiger partial charge in [0.25, 0.3) is 23.3 Å². The van der Waals surface area contributed by atoms with Crippen LogP contribution in [-0.4, -0.2) is 179 Å². The van der Waals surface area contributed by atoms with Gasteiger partial charge in [0.05, 0.1) is 39.4 Å². The fourth-order valence-electron chi connectivity index (χ4n) is 8.58. The number of unbranched alkanes of at least 4 members (excludes halogenated alkanes) is 1. The van der Waals surface area contributed by atoms with Gasteiger partial charge in [0.15, 0.2) is 18.8 Å². The number of tetrazole rings is 1. The minimum Gasteiger partial charge on any atom is -0.747 e. The van der Waals surface area contributed by atoms with Crippen LogP contribution in [0.3, 0.4) is 0 Å². The maximum Gasteiger partial charge on any atom is 1.00 e. The van der Waals surface area contributed by atoms with Crippen LogP contribution in [0, 0.1) is 13.5 Å². The Hall–Kier alpha value is -6.85. The predicted octanol–water partition coefficient (Wildman–Crippen LogP) is 0.291. The molecule has 116 heavy (non-hydrogen) atoms. The van der Waals surface area contributed by atoms with Crippen molar-refractivity contribution in [1.29, 1.82) is 0 Å². The van der Waals surface area contributed by atoms with Crippen LogP contribution in [0.2, 0.25) is 0 Å². The minimum atomic E-state index is -4.76. The summed E-state index contributed by atoms with van der Waals surface area (Å²) in [5, 5.41) is 56.6. The zero-order valence-corrected chi connectivity index (χ0v) is 75.8. The van der Waals surface area contributed by atoms with E-state index in [2.05, 4.69) is 70.2 Å². The summed E-state index contributed by atoms with van der Waals surface area (Å²) < 4.78 is 183. The van der Waals surface area contributed by atoms with Gasteiger partial charge in [0.1, 0.15) is 76.0 Å². The molecule has 614 valence electrons. The normalized spacial score (nSPS) is 11.6. The number of fused-ring (bicyclic) bond motifs is 2. The van der Waals surface area contributed by atoms with Crippen molar-refractivity contribution in [3.8, 4) is 45.5 Å². The van der Waals surface area contributed by atoms with Crippen LogP contribution >= 0.6 is 59.8 Å². The first kappa shape index (κ1) is 107. The molecule has 0 saturated heterocycles. The third kappa shape index (κ3) is 34.5. The first-order valence-electron chi connectivity index (χ1n) is 31.6. The van der Waals surface area contributed by atoms with Crippen molar-refractivity contribution < 1.29 is 192 Å². The van der Waals surface area contributed by atoms with Gasteiger partial charge in [-0.3, -0.25) is 30.1 Å². The molecule has 0 aliphatic carbocycles. The summed E-state index contributed by atoms with van der Waals surface area (Å²) in [6.45, 7) is 11.6. The molecule has 1 aliphatic rings. The fourth-order valence-corrected chi connectivity index (χ4v) is 14.4. The molecule has 5 aromatic heterocycles. The van der Waals surface area contributed by atoms with Gasteiger partial charge < -0.3 is 47.2 Å². The molecule has 0 radical (unpaired) electrons. The monoisotopic (exact) mass is 1830 g/mol. The standard InChI is InChI=1S/C26H25N3O9S2.C8H7N3S.C7H14N6O2.C7H6N4O3S2.C6H6O5S.C4H10.C3H4N2O3S4.2CH4.3Na/c1-3-27-38-40(33,34)17-29-22-14-20(35-2)10-12-24(22)37-26(29)15-25-28(16-39(30,31)32)21-13-19(9-11-23(21)36-25)18-7-5-4-6-8-18;12-8-10-9-6-11(8)7-4-2-1-3-5-7;1-3-13(4-2)7-9-5(11-14)8-6(10-7)12-15;12-16(13,14)6-3-1-2-5(4-6)11-7(15)8-9-10-11;7-4-1-2-5(8)6(3-4)12(9,10)11;1-3-4-2;6-12(7,8)1-10-3-5-4-2(9)11-3;;;;;/h4-15,27H,3,16-17H2,1-2H3;1-6H,(H,10,12);14-15H,3-4H2,1-2H3,(H2,8,9,10,11,12);1-4H,(H,8,10,15)(H,12,13,14);1-3,7-8H,(H,9,10,11);3-4H2,1-2H3;1H2,(H,4,9)(H,6,7,8);2*1H4;;;/q;;;;;;;;;3*+1/p-3. The topological polar surface area (TPSA) is 579 Å². The molecular weight excluding hydrogens is 1750 g/mol. The van der Waals surface area contributed by atoms with Gasteiger partial charge in [-0.05, 0) is 128 Å². The smallest absolute Gasteiger partial charge is 0.747 e. The number of oxazole rings is 1. The average Bonchev–Trinajstić information content (AvgIpc) is 1.61. The summed E-state index contributed by atoms with van der Waals surface area (Å²) in [4.78, 5) is 13.4. The Bertz CT molecular complexity index is 5710. The average molecular weight is 1830 g/mol. The zero-order valence-electron chi connectivity index (χ0n) is 61.7. The molecule has 10 N–H and O–H groups in total. The number of hydroxylamine groups is 1. The van der Waals surface area contributed by atoms with Crippen LogP contribution in [0.15, 0.2) is 170 Å². The number of phenolic OH excluding ortho intramolecular Hbond substituents is 2. The van der Waals surface area contributed by atoms with Gasteiger partial charge in [-0.15, -0.1) is 4.57 Å². The number of aromatic nitrogens is 13. The van der Waals surface area contributed by atoms with E-state index < -0.39 is 78.1 Å². The van der Waals surface area contributed by atoms with Crippen molar-refractivity contribution in [3.05, 3.63) is 171 Å². The number of aromatic amines is 3. The number of hydrogen-bond donors (Lipinski definition) is 10. The maximum atomic E-state index is 12.7. The number of methoxy groups -OCH3 is 1. The van der Waals surface area contributed by atoms with Crippen LogP contribution in [-0.2, 0) is 60.8 Å². The summed E-state index contributed by atoms with van der Waals surface area (Å²) in [7, 11) is -20.8. The van der Waals surface area contributed by atoms with E-state index in [0.717, 1.165) is 65.1 Å². The van der Waals surface area contributed by atoms with Crippen molar-refractivity contribution in [2.75, 3.05) is 58.5 Å². The number of rotatable bonds is 23. The van der Waals surface area contributed by atoms with Crippen LogP contribution < -0.4 is 129 Å². The zero-order chi connectivity index (χ0) is 81.9. The number of ether oxygens (including phenoxy) is 2. The SMILES string of the molecule is C.C.CCCC.CCN(CC)c1nc(NO)nc(NO)n1.CCNOS(=O)(=O)C[n+]1c(C=C2Oc3ccc(-c4ccccc4)cc3N2CS(=O)(=O)[O-])oc2ccc(OC)cc21.O=S(=O)([O-])CSc1n[nH]c(=S)s1.O=S(=O)([O-])c1cc(O)ccc1O.O=S(=O)([O-])c1cccc(-n2[nH]nnc2=S)c1.S=c1[nH]ncn1-c1ccccc1.[Na+].[Na+].[Na+]. The molecule has 0 bridgehead atoms. The summed E-state index contributed by atoms with van der Waals surface area (Å²) in [6.07, 6.45) is 5.63. The van der Waals surface area contributed by atoms with Crippen LogP contribution in [0.4, 0.5) is 23.5 Å². The van der Waals surface area contributed by atoms with E-state index in [0.29, 0.717) is 59.1 Å². The first-order chi connectivity index (χ1) is 52.5. The fraction of sp³-hybridized carbons (Fsp3) is 0.254. The number of nitrogens with zero attached hydrogens (tertiary/aromatic N) is 12. The van der Waals surface area contributed by atoms with Crippen molar-refractivity contribution in [2.45, 2.75) is 82.3 Å². The van der Waals surface area contributed by atoms with Crippen molar-refractivity contribution in [2.24, 2.45) is 0 Å². The Labute approximate surface area is 758 Å². The second-order valence-electron chi connectivity index (χ2n) is 21.4. The Kier molecular flexibility index (Phi) is 47.0. The number of benzene rings is 6. The number of nitrogens with one attached hydrogen (secondary N) is 6. The van der Waals surface area contributed by atoms with Gasteiger partial charge in [-0.2, -0.15) is 48.5 Å². The Balaban J connectivity index is 0.000000742. The van der Waals surface area contributed by atoms with Gasteiger partial charge >= 0.3 is 105 Å². The molecule has 0 spiro atoms. The Morgan fingerprint density at radius 3 is 1.83 bits per heavy atom. The first-order valence-corrected chi connectivity index (χ1v) is 42.1. The number of anilines is 4. The van der Waals surface area contributed by atoms with Crippen LogP contribution in [0.1, 0.15) is 68.2 Å². The molecular formula is C63H77N18Na3O22S10. The van der Waals surface area contributed by atoms with E-state index in [1.165, 1.54) is 58.4 Å². The number of para-hydroxylation sites is 1. The third-order valence-corrected chi connectivity index (χ3v) is 20.9. The van der Waals surface area contributed by atoms with Crippen molar-refractivity contribution >= 4 is 151 Å². The number of thioether (sulfide) groups is 1. The molecule has 0 unspecified atom stereocenters. The molecule has 40 nitrogen and oxygen atoms in total. The molecule has 6 heterocycles. The minimum absolute atomic E-state index is 0. The Morgan fingerprint density at radius 1 is 0.707 bits per heavy atom. The van der Waals surface area contributed by atoms with E-state index in [-0.39, 0.29) is 149 Å². The van der Waals surface area contributed by atoms with E-state index in [9.17, 15) is 60.3 Å². The Morgan fingerprint density at radius 2 is 1.33 bits per heavy atom. The summed E-state index contributed by atoms with van der Waals surface area (Å²) in [5.41, 5.74) is 10.0. The molecule has 12 rings (SSSR count). The molecule has 0 amide bonds. The second-order valence-corrected chi connectivity index (χ2v) is 32.5. The molecule has 1 aliphatic heterocycles. The predicted molar refractivity (Wildman–Crippen MR) is 421 cm³/mol. The van der Waals surface area contributed by atoms with E-state index in [1.807, 2.05) is 84.0 Å². The molecule has 0 saturated carbocycles. The van der Waals surface area contributed by atoms with Crippen molar-refractivity contribution in [1.82, 2.24) is 65.6 Å². The van der Waals surface area contributed by atoms with Crippen molar-refractivity contribution in [3.63, 3.8) is 0 Å². The van der Waals surface area contributed by atoms with Gasteiger partial charge in [0.2, 0.25) is 22.2 Å². The quantitative estimate of drug-likeness (QED) is 0.00782. The number of H-pyrrole nitrogens is 3. The molecule has 0 atom stereocenters.